The van der Waals surface area contributed by atoms with E-state index in [1.165, 1.54) is 0 Å². The number of ether oxygens (including phenoxy) is 1. The predicted octanol–water partition coefficient (Wildman–Crippen LogP) is 3.73. The maximum absolute atomic E-state index is 12.5. The zero-order valence-electron chi connectivity index (χ0n) is 18.2. The number of rotatable bonds is 5. The van der Waals surface area contributed by atoms with E-state index in [1.54, 1.807) is 0 Å². The van der Waals surface area contributed by atoms with Gasteiger partial charge in [0.15, 0.2) is 5.82 Å². The lowest BCUT2D eigenvalue weighted by Gasteiger charge is -2.35. The Bertz CT molecular complexity index is 1210. The van der Waals surface area contributed by atoms with Crippen molar-refractivity contribution in [3.63, 3.8) is 0 Å². The lowest BCUT2D eigenvalue weighted by molar-refractivity contribution is 0.0940. The molecule has 2 aromatic heterocycles. The van der Waals surface area contributed by atoms with E-state index >= 15 is 0 Å². The molecule has 7 heteroatoms. The maximum atomic E-state index is 12.5. The van der Waals surface area contributed by atoms with Crippen molar-refractivity contribution < 1.29 is 9.53 Å². The number of aromatic amines is 1. The van der Waals surface area contributed by atoms with Crippen molar-refractivity contribution >= 4 is 22.8 Å². The molecule has 0 aliphatic carbocycles. The number of aryl methyl sites for hydroxylation is 1. The number of hydrogen-bond acceptors (Lipinski definition) is 5. The van der Waals surface area contributed by atoms with Gasteiger partial charge in [0.25, 0.3) is 5.91 Å². The first kappa shape index (κ1) is 20.5. The largest absolute Gasteiger partial charge is 0.377 e. The Morgan fingerprint density at radius 3 is 2.97 bits per heavy atom. The highest BCUT2D eigenvalue weighted by Gasteiger charge is 2.28. The van der Waals surface area contributed by atoms with Crippen LogP contribution in [-0.4, -0.2) is 53.2 Å². The third kappa shape index (κ3) is 3.39. The standard InChI is InChI=1S/C25H27N5O2/c1-4-7-16-13-26-25(31)19-12-21(28-22(16)19)18-8-6-9-20-23(18)29-24(15(3)27-20)30-10-11-32-14-17(30)5-2/h4-6,8-9,12,16-17,28H,1-2,7,10-11,13-14H2,3H3,(H,26,31). The molecule has 3 aromatic rings. The summed E-state index contributed by atoms with van der Waals surface area (Å²) in [6.45, 7) is 12.4. The molecule has 0 radical (unpaired) electrons. The van der Waals surface area contributed by atoms with E-state index in [-0.39, 0.29) is 17.9 Å². The SMILES string of the molecule is C=CCC1CNC(=O)c2cc(-c3cccc4nc(C)c(N5CCOCC5C=C)nc34)[nH]c21. The molecule has 1 saturated heterocycles. The van der Waals surface area contributed by atoms with Crippen LogP contribution in [0.4, 0.5) is 5.82 Å². The second kappa shape index (κ2) is 8.24. The molecule has 32 heavy (non-hydrogen) atoms. The number of benzene rings is 1. The molecule has 2 aliphatic rings. The summed E-state index contributed by atoms with van der Waals surface area (Å²) in [5, 5.41) is 2.98. The summed E-state index contributed by atoms with van der Waals surface area (Å²) in [6, 6.07) is 7.97. The van der Waals surface area contributed by atoms with E-state index in [1.807, 2.05) is 43.3 Å². The van der Waals surface area contributed by atoms with E-state index < -0.39 is 0 Å². The lowest BCUT2D eigenvalue weighted by Crippen LogP contribution is -2.45. The summed E-state index contributed by atoms with van der Waals surface area (Å²) in [4.78, 5) is 28.2. The van der Waals surface area contributed by atoms with Crippen molar-refractivity contribution in [2.24, 2.45) is 0 Å². The third-order valence-electron chi connectivity index (χ3n) is 6.31. The van der Waals surface area contributed by atoms with Crippen LogP contribution in [0.15, 0.2) is 49.6 Å². The van der Waals surface area contributed by atoms with Gasteiger partial charge in [0.05, 0.1) is 36.0 Å². The van der Waals surface area contributed by atoms with Crippen LogP contribution in [0.3, 0.4) is 0 Å². The fourth-order valence-electron chi connectivity index (χ4n) is 4.67. The maximum Gasteiger partial charge on any atom is 0.253 e. The molecule has 1 fully saturated rings. The van der Waals surface area contributed by atoms with Gasteiger partial charge >= 0.3 is 0 Å². The number of nitrogens with one attached hydrogen (secondary N) is 2. The molecule has 4 heterocycles. The van der Waals surface area contributed by atoms with Crippen LogP contribution in [0.2, 0.25) is 0 Å². The van der Waals surface area contributed by atoms with Gasteiger partial charge in [-0.2, -0.15) is 0 Å². The van der Waals surface area contributed by atoms with E-state index in [2.05, 4.69) is 28.4 Å². The number of nitrogens with zero attached hydrogens (tertiary/aromatic N) is 3. The van der Waals surface area contributed by atoms with Gasteiger partial charge in [-0.25, -0.2) is 9.97 Å². The third-order valence-corrected chi connectivity index (χ3v) is 6.31. The molecule has 5 rings (SSSR count). The second-order valence-electron chi connectivity index (χ2n) is 8.32. The Labute approximate surface area is 187 Å². The minimum Gasteiger partial charge on any atom is -0.377 e. The molecule has 2 aliphatic heterocycles. The minimum absolute atomic E-state index is 0.0483. The number of carbonyl (C=O) groups excluding carboxylic acids is 1. The van der Waals surface area contributed by atoms with Crippen LogP contribution < -0.4 is 10.2 Å². The zero-order valence-corrected chi connectivity index (χ0v) is 18.2. The summed E-state index contributed by atoms with van der Waals surface area (Å²) in [5.74, 6) is 0.985. The van der Waals surface area contributed by atoms with Gasteiger partial charge in [-0.3, -0.25) is 4.79 Å². The van der Waals surface area contributed by atoms with Crippen molar-refractivity contribution in [3.05, 3.63) is 66.5 Å². The quantitative estimate of drug-likeness (QED) is 0.604. The Balaban J connectivity index is 1.64. The number of morpholine rings is 1. The van der Waals surface area contributed by atoms with Gasteiger partial charge in [0.2, 0.25) is 0 Å². The molecule has 0 saturated carbocycles. The topological polar surface area (TPSA) is 83.1 Å². The molecule has 164 valence electrons. The summed E-state index contributed by atoms with van der Waals surface area (Å²) < 4.78 is 5.62. The fourth-order valence-corrected chi connectivity index (χ4v) is 4.67. The van der Waals surface area contributed by atoms with E-state index in [9.17, 15) is 4.79 Å². The van der Waals surface area contributed by atoms with Gasteiger partial charge in [-0.1, -0.05) is 24.3 Å². The summed E-state index contributed by atoms with van der Waals surface area (Å²) in [7, 11) is 0. The van der Waals surface area contributed by atoms with Crippen molar-refractivity contribution in [1.82, 2.24) is 20.3 Å². The predicted molar refractivity (Wildman–Crippen MR) is 126 cm³/mol. The number of amides is 1. The van der Waals surface area contributed by atoms with Gasteiger partial charge in [-0.15, -0.1) is 13.2 Å². The minimum atomic E-state index is -0.0483. The van der Waals surface area contributed by atoms with Crippen LogP contribution in [0, 0.1) is 6.92 Å². The van der Waals surface area contributed by atoms with Crippen LogP contribution >= 0.6 is 0 Å². The van der Waals surface area contributed by atoms with E-state index in [0.717, 1.165) is 52.5 Å². The number of para-hydroxylation sites is 1. The van der Waals surface area contributed by atoms with Crippen molar-refractivity contribution in [1.29, 1.82) is 0 Å². The lowest BCUT2D eigenvalue weighted by atomic mass is 9.94. The number of hydrogen-bond donors (Lipinski definition) is 2. The molecule has 0 spiro atoms. The molecule has 1 aromatic carbocycles. The number of carbonyl (C=O) groups is 1. The molecular formula is C25H27N5O2. The molecule has 2 N–H and O–H groups in total. The summed E-state index contributed by atoms with van der Waals surface area (Å²) in [5.41, 5.74) is 5.96. The van der Waals surface area contributed by atoms with Crippen molar-refractivity contribution in [2.75, 3.05) is 31.2 Å². The first-order chi connectivity index (χ1) is 15.6. The summed E-state index contributed by atoms with van der Waals surface area (Å²) in [6.07, 6.45) is 4.59. The number of fused-ring (bicyclic) bond motifs is 2. The monoisotopic (exact) mass is 429 g/mol. The highest BCUT2D eigenvalue weighted by molar-refractivity contribution is 6.00. The van der Waals surface area contributed by atoms with Gasteiger partial charge in [-0.05, 0) is 25.5 Å². The molecule has 2 atom stereocenters. The Morgan fingerprint density at radius 1 is 1.28 bits per heavy atom. The average molecular weight is 430 g/mol. The highest BCUT2D eigenvalue weighted by atomic mass is 16.5. The Morgan fingerprint density at radius 2 is 2.16 bits per heavy atom. The smallest absolute Gasteiger partial charge is 0.253 e. The fraction of sp³-hybridized carbons (Fsp3) is 0.320. The van der Waals surface area contributed by atoms with Gasteiger partial charge < -0.3 is 19.9 Å². The van der Waals surface area contributed by atoms with Crippen LogP contribution in [0.5, 0.6) is 0 Å². The van der Waals surface area contributed by atoms with E-state index in [4.69, 9.17) is 14.7 Å². The van der Waals surface area contributed by atoms with Crippen LogP contribution in [0.25, 0.3) is 22.3 Å². The molecular weight excluding hydrogens is 402 g/mol. The average Bonchev–Trinajstić information content (AvgIpc) is 3.26. The van der Waals surface area contributed by atoms with Crippen molar-refractivity contribution in [3.8, 4) is 11.3 Å². The molecule has 1 amide bonds. The summed E-state index contributed by atoms with van der Waals surface area (Å²) >= 11 is 0. The first-order valence-electron chi connectivity index (χ1n) is 11.0. The molecule has 0 bridgehead atoms. The zero-order chi connectivity index (χ0) is 22.2. The Kier molecular flexibility index (Phi) is 5.27. The number of H-pyrrole nitrogens is 1. The van der Waals surface area contributed by atoms with Gasteiger partial charge in [0.1, 0.15) is 5.52 Å². The molecule has 7 nitrogen and oxygen atoms in total. The first-order valence-corrected chi connectivity index (χ1v) is 11.0. The highest BCUT2D eigenvalue weighted by Crippen LogP contribution is 2.34. The van der Waals surface area contributed by atoms with E-state index in [0.29, 0.717) is 25.3 Å². The number of aromatic nitrogens is 3. The van der Waals surface area contributed by atoms with Crippen LogP contribution in [0.1, 0.15) is 34.1 Å². The Hall–Kier alpha value is -3.45. The number of anilines is 1. The second-order valence-corrected chi connectivity index (χ2v) is 8.32. The van der Waals surface area contributed by atoms with Crippen molar-refractivity contribution in [2.45, 2.75) is 25.3 Å². The number of allylic oxidation sites excluding steroid dienone is 1. The van der Waals surface area contributed by atoms with Gasteiger partial charge in [0, 0.05) is 36.0 Å². The molecule has 2 unspecified atom stereocenters. The normalized spacial score (nSPS) is 20.7. The van der Waals surface area contributed by atoms with Crippen LogP contribution in [-0.2, 0) is 4.74 Å².